The van der Waals surface area contributed by atoms with Crippen LogP contribution in [-0.4, -0.2) is 64.8 Å². The number of benzene rings is 1. The number of piperazine rings is 1. The van der Waals surface area contributed by atoms with Crippen LogP contribution in [0.5, 0.6) is 0 Å². The van der Waals surface area contributed by atoms with Crippen LogP contribution in [0.3, 0.4) is 0 Å². The number of fused-ring (bicyclic) bond motifs is 1. The SMILES string of the molecule is CC[NH+]1CC[NH+](Cn2nc(-c3c[nH]c4ccccc34)n(C[C@@H]3CCCO3)c2=S)CC1. The van der Waals surface area contributed by atoms with Crippen molar-refractivity contribution in [3.8, 4) is 11.4 Å². The summed E-state index contributed by atoms with van der Waals surface area (Å²) in [7, 11) is 0. The van der Waals surface area contributed by atoms with Crippen LogP contribution in [0.4, 0.5) is 0 Å². The fourth-order valence-corrected chi connectivity index (χ4v) is 5.10. The molecule has 2 saturated heterocycles. The normalized spacial score (nSPS) is 24.6. The number of hydrogen-bond acceptors (Lipinski definition) is 3. The van der Waals surface area contributed by atoms with Gasteiger partial charge in [0.1, 0.15) is 26.2 Å². The van der Waals surface area contributed by atoms with Gasteiger partial charge in [-0.25, -0.2) is 0 Å². The van der Waals surface area contributed by atoms with Crippen LogP contribution in [0.1, 0.15) is 19.8 Å². The van der Waals surface area contributed by atoms with E-state index in [0.29, 0.717) is 0 Å². The average molecular weight is 429 g/mol. The molecule has 2 aliphatic heterocycles. The van der Waals surface area contributed by atoms with Gasteiger partial charge in [0.25, 0.3) is 0 Å². The zero-order valence-corrected chi connectivity index (χ0v) is 18.5. The maximum atomic E-state index is 5.94. The van der Waals surface area contributed by atoms with Crippen molar-refractivity contribution in [2.45, 2.75) is 39.1 Å². The number of rotatable bonds is 6. The van der Waals surface area contributed by atoms with Gasteiger partial charge in [0.05, 0.1) is 19.2 Å². The van der Waals surface area contributed by atoms with Crippen molar-refractivity contribution < 1.29 is 14.5 Å². The molecule has 2 fully saturated rings. The number of ether oxygens (including phenoxy) is 1. The van der Waals surface area contributed by atoms with E-state index in [1.54, 1.807) is 9.80 Å². The number of aromatic nitrogens is 4. The lowest BCUT2D eigenvalue weighted by atomic mass is 10.1. The highest BCUT2D eigenvalue weighted by Crippen LogP contribution is 2.28. The molecule has 1 atom stereocenters. The molecule has 30 heavy (non-hydrogen) atoms. The molecule has 0 saturated carbocycles. The number of aromatic amines is 1. The van der Waals surface area contributed by atoms with E-state index in [2.05, 4.69) is 46.9 Å². The Labute approximate surface area is 182 Å². The van der Waals surface area contributed by atoms with Gasteiger partial charge < -0.3 is 19.5 Å². The molecule has 8 heteroatoms. The molecule has 2 aliphatic rings. The lowest BCUT2D eigenvalue weighted by molar-refractivity contribution is -1.02. The van der Waals surface area contributed by atoms with Crippen molar-refractivity contribution in [1.82, 2.24) is 19.3 Å². The van der Waals surface area contributed by atoms with E-state index in [0.717, 1.165) is 54.3 Å². The number of hydrogen-bond donors (Lipinski definition) is 3. The standard InChI is InChI=1S/C22H30N6OS/c1-2-25-9-11-26(12-10-25)16-28-22(30)27(15-17-6-5-13-29-17)21(24-28)19-14-23-20-8-4-3-7-18(19)20/h3-4,7-8,14,17,23H,2,5-6,9-13,15-16H2,1H3/p+2/t17-/m0/s1. The van der Waals surface area contributed by atoms with Crippen LogP contribution in [-0.2, 0) is 18.0 Å². The number of para-hydroxylation sites is 1. The van der Waals surface area contributed by atoms with Gasteiger partial charge in [0.15, 0.2) is 12.5 Å². The van der Waals surface area contributed by atoms with Crippen molar-refractivity contribution in [3.63, 3.8) is 0 Å². The first-order chi connectivity index (χ1) is 14.7. The third-order valence-corrected chi connectivity index (χ3v) is 7.13. The predicted octanol–water partition coefficient (Wildman–Crippen LogP) is 0.502. The Morgan fingerprint density at radius 1 is 1.20 bits per heavy atom. The molecule has 0 spiro atoms. The van der Waals surface area contributed by atoms with Gasteiger partial charge in [-0.1, -0.05) is 18.2 Å². The second kappa shape index (κ2) is 8.63. The summed E-state index contributed by atoms with van der Waals surface area (Å²) in [5, 5.41) is 6.24. The molecule has 1 aromatic carbocycles. The number of nitrogens with one attached hydrogen (secondary N) is 3. The van der Waals surface area contributed by atoms with Crippen LogP contribution in [0.25, 0.3) is 22.3 Å². The Morgan fingerprint density at radius 3 is 2.77 bits per heavy atom. The number of quaternary nitrogens is 2. The predicted molar refractivity (Wildman–Crippen MR) is 119 cm³/mol. The molecule has 5 rings (SSSR count). The lowest BCUT2D eigenvalue weighted by Gasteiger charge is -2.28. The smallest absolute Gasteiger partial charge is 0.203 e. The summed E-state index contributed by atoms with van der Waals surface area (Å²) in [4.78, 5) is 6.66. The average Bonchev–Trinajstić information content (AvgIpc) is 3.51. The van der Waals surface area contributed by atoms with Crippen molar-refractivity contribution in [2.75, 3.05) is 39.3 Å². The third kappa shape index (κ3) is 3.85. The molecule has 0 unspecified atom stereocenters. The molecule has 4 heterocycles. The summed E-state index contributed by atoms with van der Waals surface area (Å²) < 4.78 is 11.0. The Hall–Kier alpha value is -2.00. The molecular weight excluding hydrogens is 396 g/mol. The lowest BCUT2D eigenvalue weighted by Crippen LogP contribution is -3.27. The number of likely N-dealkylation sites (N-methyl/N-ethyl adjacent to an activating group) is 1. The van der Waals surface area contributed by atoms with Gasteiger partial charge in [-0.15, -0.1) is 5.10 Å². The minimum absolute atomic E-state index is 0.224. The van der Waals surface area contributed by atoms with Gasteiger partial charge in [0.2, 0.25) is 4.77 Å². The third-order valence-electron chi connectivity index (χ3n) is 6.70. The van der Waals surface area contributed by atoms with Crippen molar-refractivity contribution in [3.05, 3.63) is 35.2 Å². The summed E-state index contributed by atoms with van der Waals surface area (Å²) in [6, 6.07) is 8.39. The monoisotopic (exact) mass is 428 g/mol. The molecule has 0 radical (unpaired) electrons. The minimum Gasteiger partial charge on any atom is -0.376 e. The Morgan fingerprint density at radius 2 is 2.00 bits per heavy atom. The molecule has 2 aromatic heterocycles. The van der Waals surface area contributed by atoms with E-state index in [-0.39, 0.29) is 6.10 Å². The maximum Gasteiger partial charge on any atom is 0.203 e. The highest BCUT2D eigenvalue weighted by molar-refractivity contribution is 7.71. The van der Waals surface area contributed by atoms with Gasteiger partial charge in [-0.3, -0.25) is 4.57 Å². The molecule has 160 valence electrons. The Balaban J connectivity index is 1.49. The highest BCUT2D eigenvalue weighted by Gasteiger charge is 2.26. The zero-order valence-electron chi connectivity index (χ0n) is 17.7. The quantitative estimate of drug-likeness (QED) is 0.502. The topological polar surface area (TPSA) is 56.7 Å². The summed E-state index contributed by atoms with van der Waals surface area (Å²) in [6.07, 6.45) is 4.51. The summed E-state index contributed by atoms with van der Waals surface area (Å²) in [6.45, 7) is 10.8. The van der Waals surface area contributed by atoms with Gasteiger partial charge in [-0.05, 0) is 38.0 Å². The highest BCUT2D eigenvalue weighted by atomic mass is 32.1. The first kappa shape index (κ1) is 19.9. The molecule has 0 amide bonds. The van der Waals surface area contributed by atoms with Gasteiger partial charge in [0, 0.05) is 29.3 Å². The first-order valence-corrected chi connectivity index (χ1v) is 11.7. The number of H-pyrrole nitrogens is 1. The van der Waals surface area contributed by atoms with E-state index >= 15 is 0 Å². The molecule has 3 aromatic rings. The Kier molecular flexibility index (Phi) is 5.73. The maximum absolute atomic E-state index is 5.94. The van der Waals surface area contributed by atoms with Crippen LogP contribution < -0.4 is 9.80 Å². The second-order valence-corrected chi connectivity index (χ2v) is 8.98. The van der Waals surface area contributed by atoms with Gasteiger partial charge >= 0.3 is 0 Å². The second-order valence-electron chi connectivity index (χ2n) is 8.61. The van der Waals surface area contributed by atoms with Crippen molar-refractivity contribution >= 4 is 23.1 Å². The molecule has 0 aliphatic carbocycles. The Bertz CT molecular complexity index is 1060. The molecule has 3 N–H and O–H groups in total. The summed E-state index contributed by atoms with van der Waals surface area (Å²) >= 11 is 5.94. The van der Waals surface area contributed by atoms with E-state index in [9.17, 15) is 0 Å². The summed E-state index contributed by atoms with van der Waals surface area (Å²) in [5.41, 5.74) is 2.24. The fourth-order valence-electron chi connectivity index (χ4n) is 4.84. The van der Waals surface area contributed by atoms with Gasteiger partial charge in [-0.2, -0.15) is 4.68 Å². The van der Waals surface area contributed by atoms with Crippen LogP contribution >= 0.6 is 12.2 Å². The van der Waals surface area contributed by atoms with Crippen LogP contribution in [0.2, 0.25) is 0 Å². The van der Waals surface area contributed by atoms with Crippen LogP contribution in [0.15, 0.2) is 30.5 Å². The van der Waals surface area contributed by atoms with E-state index in [4.69, 9.17) is 22.1 Å². The largest absolute Gasteiger partial charge is 0.376 e. The van der Waals surface area contributed by atoms with Crippen molar-refractivity contribution in [2.24, 2.45) is 0 Å². The molecule has 7 nitrogen and oxygen atoms in total. The fraction of sp³-hybridized carbons (Fsp3) is 0.545. The van der Waals surface area contributed by atoms with Crippen LogP contribution in [0, 0.1) is 4.77 Å². The summed E-state index contributed by atoms with van der Waals surface area (Å²) in [5.74, 6) is 0.949. The number of nitrogens with zero attached hydrogens (tertiary/aromatic N) is 3. The van der Waals surface area contributed by atoms with Crippen molar-refractivity contribution in [1.29, 1.82) is 0 Å². The van der Waals surface area contributed by atoms with E-state index in [1.807, 2.05) is 4.68 Å². The molecule has 0 bridgehead atoms. The zero-order chi connectivity index (χ0) is 20.5. The van der Waals surface area contributed by atoms with E-state index < -0.39 is 0 Å². The van der Waals surface area contributed by atoms with E-state index in [1.165, 1.54) is 38.1 Å². The molecular formula is C22H32N6OS+2. The minimum atomic E-state index is 0.224. The first-order valence-electron chi connectivity index (χ1n) is 11.3.